The van der Waals surface area contributed by atoms with E-state index in [0.717, 1.165) is 23.2 Å². The summed E-state index contributed by atoms with van der Waals surface area (Å²) in [6.45, 7) is 6.41. The van der Waals surface area contributed by atoms with E-state index in [1.807, 2.05) is 98.5 Å². The molecule has 3 aromatic carbocycles. The lowest BCUT2D eigenvalue weighted by atomic mass is 10.1. The van der Waals surface area contributed by atoms with Gasteiger partial charge in [-0.15, -0.1) is 0 Å². The van der Waals surface area contributed by atoms with Crippen molar-refractivity contribution in [2.75, 3.05) is 0 Å². The van der Waals surface area contributed by atoms with Crippen molar-refractivity contribution in [3.05, 3.63) is 106 Å². The predicted octanol–water partition coefficient (Wildman–Crippen LogP) is 5.58. The van der Waals surface area contributed by atoms with Gasteiger partial charge in [-0.25, -0.2) is 4.98 Å². The maximum Gasteiger partial charge on any atom is 0.266 e. The molecule has 0 bridgehead atoms. The Bertz CT molecular complexity index is 1330. The summed E-state index contributed by atoms with van der Waals surface area (Å²) >= 11 is 0. The van der Waals surface area contributed by atoms with E-state index in [1.165, 1.54) is 0 Å². The van der Waals surface area contributed by atoms with Gasteiger partial charge in [-0.3, -0.25) is 14.2 Å². The van der Waals surface area contributed by atoms with E-state index in [9.17, 15) is 9.59 Å². The van der Waals surface area contributed by atoms with Gasteiger partial charge in [-0.05, 0) is 55.7 Å². The topological polar surface area (TPSA) is 55.2 Å². The molecule has 0 saturated heterocycles. The molecule has 4 aromatic rings. The summed E-state index contributed by atoms with van der Waals surface area (Å²) in [7, 11) is 0. The van der Waals surface area contributed by atoms with Crippen LogP contribution in [0.5, 0.6) is 0 Å². The van der Waals surface area contributed by atoms with Gasteiger partial charge < -0.3 is 4.90 Å². The minimum atomic E-state index is -0.401. The predicted molar refractivity (Wildman–Crippen MR) is 132 cm³/mol. The van der Waals surface area contributed by atoms with Crippen molar-refractivity contribution in [3.8, 4) is 5.69 Å². The lowest BCUT2D eigenvalue weighted by Crippen LogP contribution is -2.37. The molecule has 1 aromatic heterocycles. The van der Waals surface area contributed by atoms with Gasteiger partial charge in [0.25, 0.3) is 5.56 Å². The van der Waals surface area contributed by atoms with Crippen LogP contribution in [0.25, 0.3) is 16.6 Å². The summed E-state index contributed by atoms with van der Waals surface area (Å²) in [6, 6.07) is 24.7. The van der Waals surface area contributed by atoms with Gasteiger partial charge in [-0.1, -0.05) is 61.5 Å². The molecule has 5 heteroatoms. The molecule has 0 aliphatic heterocycles. The van der Waals surface area contributed by atoms with Crippen LogP contribution >= 0.6 is 0 Å². The zero-order valence-corrected chi connectivity index (χ0v) is 19.4. The van der Waals surface area contributed by atoms with Gasteiger partial charge in [0.1, 0.15) is 5.82 Å². The third kappa shape index (κ3) is 4.72. The summed E-state index contributed by atoms with van der Waals surface area (Å²) in [5, 5.41) is 0.560. The molecule has 168 valence electrons. The fourth-order valence-corrected chi connectivity index (χ4v) is 4.16. The summed E-state index contributed by atoms with van der Waals surface area (Å²) in [5.41, 5.74) is 3.35. The van der Waals surface area contributed by atoms with Crippen LogP contribution in [0.1, 0.15) is 49.7 Å². The Morgan fingerprint density at radius 3 is 2.45 bits per heavy atom. The lowest BCUT2D eigenvalue weighted by Gasteiger charge is -2.31. The number of carbonyl (C=O) groups excluding carboxylic acids is 1. The number of nitrogens with zero attached hydrogens (tertiary/aromatic N) is 3. The van der Waals surface area contributed by atoms with Crippen LogP contribution in [-0.2, 0) is 11.3 Å². The van der Waals surface area contributed by atoms with Crippen LogP contribution in [0.4, 0.5) is 0 Å². The highest BCUT2D eigenvalue weighted by molar-refractivity contribution is 5.79. The van der Waals surface area contributed by atoms with Crippen molar-refractivity contribution in [2.24, 2.45) is 0 Å². The number of fused-ring (bicyclic) bond motifs is 1. The van der Waals surface area contributed by atoms with Crippen molar-refractivity contribution in [2.45, 2.75) is 46.2 Å². The molecule has 1 unspecified atom stereocenters. The van der Waals surface area contributed by atoms with Crippen molar-refractivity contribution in [1.82, 2.24) is 14.5 Å². The molecule has 4 rings (SSSR count). The van der Waals surface area contributed by atoms with Crippen molar-refractivity contribution < 1.29 is 4.79 Å². The van der Waals surface area contributed by atoms with Crippen molar-refractivity contribution in [1.29, 1.82) is 0 Å². The smallest absolute Gasteiger partial charge is 0.266 e. The Balaban J connectivity index is 1.90. The molecule has 1 amide bonds. The Morgan fingerprint density at radius 1 is 1.00 bits per heavy atom. The maximum atomic E-state index is 13.7. The summed E-state index contributed by atoms with van der Waals surface area (Å²) < 4.78 is 1.66. The van der Waals surface area contributed by atoms with Crippen molar-refractivity contribution >= 4 is 16.8 Å². The number of carbonyl (C=O) groups is 1. The monoisotopic (exact) mass is 439 g/mol. The number of hydrogen-bond donors (Lipinski definition) is 0. The Labute approximate surface area is 194 Å². The van der Waals surface area contributed by atoms with E-state index in [4.69, 9.17) is 4.98 Å². The molecular formula is C28H29N3O2. The number of para-hydroxylation sites is 1. The minimum Gasteiger partial charge on any atom is -0.328 e. The van der Waals surface area contributed by atoms with Gasteiger partial charge in [0.05, 0.1) is 22.6 Å². The summed E-state index contributed by atoms with van der Waals surface area (Å²) in [5.74, 6) is 0.608. The first-order valence-electron chi connectivity index (χ1n) is 11.4. The first kappa shape index (κ1) is 22.5. The highest BCUT2D eigenvalue weighted by Gasteiger charge is 2.26. The lowest BCUT2D eigenvalue weighted by molar-refractivity contribution is -0.134. The molecule has 0 saturated carbocycles. The molecular weight excluding hydrogens is 410 g/mol. The average molecular weight is 440 g/mol. The fourth-order valence-electron chi connectivity index (χ4n) is 4.16. The Hall–Kier alpha value is -3.73. The molecule has 0 spiro atoms. The first-order valence-corrected chi connectivity index (χ1v) is 11.4. The minimum absolute atomic E-state index is 0.0482. The maximum absolute atomic E-state index is 13.7. The quantitative estimate of drug-likeness (QED) is 0.377. The highest BCUT2D eigenvalue weighted by atomic mass is 16.2. The van der Waals surface area contributed by atoms with Gasteiger partial charge in [-0.2, -0.15) is 0 Å². The molecule has 0 fully saturated rings. The largest absolute Gasteiger partial charge is 0.328 e. The summed E-state index contributed by atoms with van der Waals surface area (Å²) in [6.07, 6.45) is 1.20. The molecule has 1 heterocycles. The SMILES string of the molecule is CCCC(=O)N(Cc1ccccc1)C(C)c1nc2ccccc2c(=O)n1-c1cccc(C)c1. The third-order valence-corrected chi connectivity index (χ3v) is 5.88. The zero-order chi connectivity index (χ0) is 23.4. The van der Waals surface area contributed by atoms with E-state index < -0.39 is 6.04 Å². The molecule has 33 heavy (non-hydrogen) atoms. The second-order valence-electron chi connectivity index (χ2n) is 8.40. The van der Waals surface area contributed by atoms with Gasteiger partial charge in [0.15, 0.2) is 0 Å². The Kier molecular flexibility index (Phi) is 6.68. The number of benzene rings is 3. The van der Waals surface area contributed by atoms with Gasteiger partial charge in [0.2, 0.25) is 5.91 Å². The van der Waals surface area contributed by atoms with E-state index in [1.54, 1.807) is 10.6 Å². The van der Waals surface area contributed by atoms with Crippen LogP contribution in [0.3, 0.4) is 0 Å². The Morgan fingerprint density at radius 2 is 1.73 bits per heavy atom. The molecule has 0 N–H and O–H groups in total. The third-order valence-electron chi connectivity index (χ3n) is 5.88. The fraction of sp³-hybridized carbons (Fsp3) is 0.250. The number of rotatable bonds is 7. The van der Waals surface area contributed by atoms with Gasteiger partial charge >= 0.3 is 0 Å². The van der Waals surface area contributed by atoms with E-state index in [-0.39, 0.29) is 11.5 Å². The first-order chi connectivity index (χ1) is 16.0. The van der Waals surface area contributed by atoms with Crippen LogP contribution in [-0.4, -0.2) is 20.4 Å². The number of amides is 1. The molecule has 0 radical (unpaired) electrons. The molecule has 0 aliphatic carbocycles. The van der Waals surface area contributed by atoms with Crippen LogP contribution in [0, 0.1) is 6.92 Å². The standard InChI is InChI=1S/C28H29N3O2/c1-4-11-26(32)30(19-22-13-6-5-7-14-22)21(3)27-29-25-17-9-8-16-24(25)28(33)31(27)23-15-10-12-20(2)18-23/h5-10,12-18,21H,4,11,19H2,1-3H3. The second-order valence-corrected chi connectivity index (χ2v) is 8.40. The molecule has 0 aliphatic rings. The van der Waals surface area contributed by atoms with Crippen molar-refractivity contribution in [3.63, 3.8) is 0 Å². The average Bonchev–Trinajstić information content (AvgIpc) is 2.83. The molecule has 5 nitrogen and oxygen atoms in total. The van der Waals surface area contributed by atoms with Crippen LogP contribution in [0.2, 0.25) is 0 Å². The zero-order valence-electron chi connectivity index (χ0n) is 19.4. The molecule has 1 atom stereocenters. The normalized spacial score (nSPS) is 12.0. The second kappa shape index (κ2) is 9.82. The number of aromatic nitrogens is 2. The number of aryl methyl sites for hydroxylation is 1. The number of hydrogen-bond acceptors (Lipinski definition) is 3. The highest BCUT2D eigenvalue weighted by Crippen LogP contribution is 2.25. The van der Waals surface area contributed by atoms with E-state index >= 15 is 0 Å². The van der Waals surface area contributed by atoms with E-state index in [2.05, 4.69) is 0 Å². The summed E-state index contributed by atoms with van der Waals surface area (Å²) in [4.78, 5) is 33.6. The van der Waals surface area contributed by atoms with Gasteiger partial charge in [0, 0.05) is 13.0 Å². The van der Waals surface area contributed by atoms with E-state index in [0.29, 0.717) is 29.7 Å². The van der Waals surface area contributed by atoms with Crippen LogP contribution in [0.15, 0.2) is 83.7 Å². The van der Waals surface area contributed by atoms with Crippen LogP contribution < -0.4 is 5.56 Å².